The Morgan fingerprint density at radius 3 is 1.67 bits per heavy atom. The lowest BCUT2D eigenvalue weighted by Gasteiger charge is -2.19. The van der Waals surface area contributed by atoms with E-state index in [1.54, 1.807) is 0 Å². The Balaban J connectivity index is 1.89. The van der Waals surface area contributed by atoms with E-state index in [1.165, 1.54) is 38.5 Å². The van der Waals surface area contributed by atoms with Crippen molar-refractivity contribution in [3.05, 3.63) is 119 Å². The number of nitrogens with one attached hydrogen (secondary N) is 3. The van der Waals surface area contributed by atoms with E-state index in [0.717, 1.165) is 11.1 Å². The van der Waals surface area contributed by atoms with Crippen LogP contribution >= 0.6 is 0 Å². The van der Waals surface area contributed by atoms with Gasteiger partial charge in [-0.2, -0.15) is 0 Å². The Morgan fingerprint density at radius 2 is 1.19 bits per heavy atom. The molecule has 0 aliphatic rings. The fraction of sp³-hybridized carbons (Fsp3) is 0.219. The molecule has 3 amide bonds. The van der Waals surface area contributed by atoms with Crippen molar-refractivity contribution in [2.24, 2.45) is 0 Å². The van der Waals surface area contributed by atoms with Gasteiger partial charge in [0.25, 0.3) is 17.7 Å². The molecule has 10 nitrogen and oxygen atoms in total. The van der Waals surface area contributed by atoms with Gasteiger partial charge in [-0.05, 0) is 29.3 Å². The molecular weight excluding hydrogens is 538 g/mol. The van der Waals surface area contributed by atoms with Crippen LogP contribution in [0.1, 0.15) is 42.2 Å². The Labute approximate surface area is 244 Å². The van der Waals surface area contributed by atoms with Crippen molar-refractivity contribution in [2.45, 2.75) is 24.9 Å². The van der Waals surface area contributed by atoms with Crippen LogP contribution in [0.15, 0.2) is 91.5 Å². The Hall–Kier alpha value is -5.25. The van der Waals surface area contributed by atoms with Crippen molar-refractivity contribution in [1.29, 1.82) is 0 Å². The van der Waals surface area contributed by atoms with Gasteiger partial charge >= 0.3 is 11.9 Å². The number of hydrogen-bond donors (Lipinski definition) is 3. The van der Waals surface area contributed by atoms with Gasteiger partial charge in [0, 0.05) is 24.9 Å². The molecule has 0 saturated carbocycles. The molecule has 3 rings (SSSR count). The van der Waals surface area contributed by atoms with E-state index in [1.807, 2.05) is 60.7 Å². The summed E-state index contributed by atoms with van der Waals surface area (Å²) < 4.78 is 9.74. The molecule has 0 spiro atoms. The van der Waals surface area contributed by atoms with Crippen LogP contribution in [0.4, 0.5) is 0 Å². The maximum Gasteiger partial charge on any atom is 0.328 e. The molecule has 42 heavy (non-hydrogen) atoms. The van der Waals surface area contributed by atoms with Crippen LogP contribution in [0.3, 0.4) is 0 Å². The lowest BCUT2D eigenvalue weighted by atomic mass is 10.00. The topological polar surface area (TPSA) is 140 Å². The summed E-state index contributed by atoms with van der Waals surface area (Å²) in [6, 6.07) is 20.1. The molecule has 2 unspecified atom stereocenters. The van der Waals surface area contributed by atoms with Gasteiger partial charge in [0.1, 0.15) is 12.1 Å². The number of esters is 2. The van der Waals surface area contributed by atoms with Crippen molar-refractivity contribution >= 4 is 29.7 Å². The van der Waals surface area contributed by atoms with Crippen molar-refractivity contribution in [3.63, 3.8) is 0 Å². The second-order valence-corrected chi connectivity index (χ2v) is 9.24. The highest BCUT2D eigenvalue weighted by molar-refractivity contribution is 6.10. The highest BCUT2D eigenvalue weighted by Crippen LogP contribution is 2.15. The Kier molecular flexibility index (Phi) is 11.6. The molecule has 0 aromatic heterocycles. The predicted octanol–water partition coefficient (Wildman–Crippen LogP) is 2.63. The summed E-state index contributed by atoms with van der Waals surface area (Å²) in [6.45, 7) is 3.68. The van der Waals surface area contributed by atoms with Crippen LogP contribution in [-0.2, 0) is 31.9 Å². The second kappa shape index (κ2) is 15.5. The average Bonchev–Trinajstić information content (AvgIpc) is 3.02. The zero-order valence-electron chi connectivity index (χ0n) is 23.4. The third-order valence-corrected chi connectivity index (χ3v) is 6.33. The standard InChI is InChI=1S/C32H33N3O7/c1-4-17-33-29(37)25-20-23(28(36)34-26(31(39)41-2)18-21-11-7-5-8-12-21)15-16-24(25)30(38)35-27(32(40)42-3)19-22-13-9-6-10-14-22/h4-16,20,26-27H,1,17-19H2,2-3H3,(H,33,37)(H,34,36)(H,35,38). The number of hydrogen-bond acceptors (Lipinski definition) is 7. The van der Waals surface area contributed by atoms with Gasteiger partial charge in [0.2, 0.25) is 0 Å². The minimum atomic E-state index is -1.03. The third-order valence-electron chi connectivity index (χ3n) is 6.33. The van der Waals surface area contributed by atoms with E-state index in [-0.39, 0.29) is 36.1 Å². The molecule has 0 aliphatic heterocycles. The molecular formula is C32H33N3O7. The molecule has 0 bridgehead atoms. The normalized spacial score (nSPS) is 11.8. The summed E-state index contributed by atoms with van der Waals surface area (Å²) >= 11 is 0. The second-order valence-electron chi connectivity index (χ2n) is 9.24. The summed E-state index contributed by atoms with van der Waals surface area (Å²) in [5.74, 6) is -3.30. The monoisotopic (exact) mass is 571 g/mol. The smallest absolute Gasteiger partial charge is 0.328 e. The van der Waals surface area contributed by atoms with Crippen molar-refractivity contribution < 1.29 is 33.4 Å². The molecule has 0 fully saturated rings. The summed E-state index contributed by atoms with van der Waals surface area (Å²) in [6.07, 6.45) is 1.81. The van der Waals surface area contributed by atoms with Crippen molar-refractivity contribution in [1.82, 2.24) is 16.0 Å². The van der Waals surface area contributed by atoms with E-state index >= 15 is 0 Å². The zero-order valence-corrected chi connectivity index (χ0v) is 23.4. The molecule has 3 N–H and O–H groups in total. The lowest BCUT2D eigenvalue weighted by Crippen LogP contribution is -2.44. The third kappa shape index (κ3) is 8.62. The Morgan fingerprint density at radius 1 is 0.690 bits per heavy atom. The van der Waals surface area contributed by atoms with E-state index in [9.17, 15) is 24.0 Å². The maximum atomic E-state index is 13.4. The molecule has 0 heterocycles. The molecule has 0 saturated heterocycles. The van der Waals surface area contributed by atoms with Crippen molar-refractivity contribution in [2.75, 3.05) is 20.8 Å². The van der Waals surface area contributed by atoms with Gasteiger partial charge in [-0.3, -0.25) is 14.4 Å². The van der Waals surface area contributed by atoms with Crippen LogP contribution in [0.5, 0.6) is 0 Å². The summed E-state index contributed by atoms with van der Waals surface area (Å²) in [7, 11) is 2.44. The fourth-order valence-corrected chi connectivity index (χ4v) is 4.18. The highest BCUT2D eigenvalue weighted by atomic mass is 16.5. The fourth-order valence-electron chi connectivity index (χ4n) is 4.18. The highest BCUT2D eigenvalue weighted by Gasteiger charge is 2.27. The largest absolute Gasteiger partial charge is 0.467 e. The number of rotatable bonds is 13. The maximum absolute atomic E-state index is 13.4. The molecule has 0 radical (unpaired) electrons. The lowest BCUT2D eigenvalue weighted by molar-refractivity contribution is -0.143. The first kappa shape index (κ1) is 31.3. The summed E-state index contributed by atoms with van der Waals surface area (Å²) in [4.78, 5) is 64.6. The van der Waals surface area contributed by atoms with Gasteiger partial charge < -0.3 is 25.4 Å². The first-order chi connectivity index (χ1) is 20.3. The van der Waals surface area contributed by atoms with E-state index in [4.69, 9.17) is 9.47 Å². The summed E-state index contributed by atoms with van der Waals surface area (Å²) in [5.41, 5.74) is 1.46. The van der Waals surface area contributed by atoms with Crippen molar-refractivity contribution in [3.8, 4) is 0 Å². The van der Waals surface area contributed by atoms with Crippen LogP contribution in [0.2, 0.25) is 0 Å². The quantitative estimate of drug-likeness (QED) is 0.212. The van der Waals surface area contributed by atoms with Crippen LogP contribution in [0.25, 0.3) is 0 Å². The summed E-state index contributed by atoms with van der Waals surface area (Å²) in [5, 5.41) is 7.89. The zero-order chi connectivity index (χ0) is 30.5. The first-order valence-electron chi connectivity index (χ1n) is 13.2. The van der Waals surface area contributed by atoms with Gasteiger partial charge in [-0.25, -0.2) is 9.59 Å². The average molecular weight is 572 g/mol. The van der Waals surface area contributed by atoms with Crippen LogP contribution in [-0.4, -0.2) is 62.5 Å². The predicted molar refractivity (Wildman–Crippen MR) is 156 cm³/mol. The van der Waals surface area contributed by atoms with E-state index in [2.05, 4.69) is 22.5 Å². The number of amides is 3. The van der Waals surface area contributed by atoms with Gasteiger partial charge in [-0.1, -0.05) is 66.7 Å². The molecule has 0 aliphatic carbocycles. The van der Waals surface area contributed by atoms with Crippen LogP contribution in [0, 0.1) is 0 Å². The molecule has 218 valence electrons. The SMILES string of the molecule is C=CCNC(=O)c1cc(C(=O)NC(Cc2ccccc2)C(=O)OC)ccc1C(=O)NC(Cc1ccccc1)C(=O)OC. The molecule has 10 heteroatoms. The van der Waals surface area contributed by atoms with Crippen LogP contribution < -0.4 is 16.0 Å². The number of methoxy groups -OCH3 is 2. The number of ether oxygens (including phenoxy) is 2. The van der Waals surface area contributed by atoms with Gasteiger partial charge in [-0.15, -0.1) is 6.58 Å². The number of carbonyl (C=O) groups excluding carboxylic acids is 5. The molecule has 2 atom stereocenters. The molecule has 3 aromatic rings. The molecule has 3 aromatic carbocycles. The minimum absolute atomic E-state index is 0.0334. The van der Waals surface area contributed by atoms with Gasteiger partial charge in [0.05, 0.1) is 25.3 Å². The minimum Gasteiger partial charge on any atom is -0.467 e. The van der Waals surface area contributed by atoms with E-state index < -0.39 is 41.7 Å². The number of carbonyl (C=O) groups is 5. The Bertz CT molecular complexity index is 1420. The van der Waals surface area contributed by atoms with E-state index in [0.29, 0.717) is 0 Å². The first-order valence-corrected chi connectivity index (χ1v) is 13.2. The van der Waals surface area contributed by atoms with Gasteiger partial charge in [0.15, 0.2) is 0 Å². The number of benzene rings is 3.